The lowest BCUT2D eigenvalue weighted by atomic mass is 10.0. The zero-order valence-corrected chi connectivity index (χ0v) is 10.4. The van der Waals surface area contributed by atoms with Crippen molar-refractivity contribution in [2.24, 2.45) is 0 Å². The van der Waals surface area contributed by atoms with E-state index in [1.54, 1.807) is 0 Å². The van der Waals surface area contributed by atoms with Gasteiger partial charge >= 0.3 is 5.97 Å². The molecule has 0 spiro atoms. The smallest absolute Gasteiger partial charge is 0.332 e. The van der Waals surface area contributed by atoms with Crippen LogP contribution in [0.15, 0.2) is 0 Å². The molecule has 1 aliphatic rings. The van der Waals surface area contributed by atoms with Crippen LogP contribution in [-0.2, 0) is 14.3 Å². The molecule has 1 fully saturated rings. The summed E-state index contributed by atoms with van der Waals surface area (Å²) in [6.45, 7) is 8.19. The fourth-order valence-electron chi connectivity index (χ4n) is 1.55. The Balaban J connectivity index is 2.06. The summed E-state index contributed by atoms with van der Waals surface area (Å²) in [5.41, 5.74) is -0.439. The van der Waals surface area contributed by atoms with Crippen LogP contribution in [0.3, 0.4) is 0 Å². The van der Waals surface area contributed by atoms with Gasteiger partial charge in [-0.15, -0.1) is 0 Å². The third-order valence-corrected chi connectivity index (χ3v) is 2.23. The van der Waals surface area contributed by atoms with Crippen molar-refractivity contribution in [2.45, 2.75) is 38.8 Å². The molecule has 0 aliphatic carbocycles. The maximum atomic E-state index is 11.3. The van der Waals surface area contributed by atoms with E-state index in [0.29, 0.717) is 6.32 Å². The molecule has 0 aromatic carbocycles. The van der Waals surface area contributed by atoms with Crippen LogP contribution >= 0.6 is 0 Å². The van der Waals surface area contributed by atoms with Gasteiger partial charge in [-0.2, -0.15) is 0 Å². The Morgan fingerprint density at radius 2 is 2.06 bits per heavy atom. The number of carbonyl (C=O) groups is 1. The van der Waals surface area contributed by atoms with Crippen LogP contribution in [0.2, 0.25) is 6.32 Å². The average molecular weight is 225 g/mol. The number of esters is 1. The van der Waals surface area contributed by atoms with Crippen molar-refractivity contribution in [3.63, 3.8) is 0 Å². The molecule has 0 unspecified atom stereocenters. The summed E-state index contributed by atoms with van der Waals surface area (Å²) in [6, 6.07) is 0. The molecule has 2 radical (unpaired) electrons. The summed E-state index contributed by atoms with van der Waals surface area (Å²) < 4.78 is 10.5. The molecule has 0 N–H and O–H groups in total. The highest BCUT2D eigenvalue weighted by Crippen LogP contribution is 2.12. The molecule has 0 aromatic heterocycles. The van der Waals surface area contributed by atoms with Crippen LogP contribution in [0.4, 0.5) is 0 Å². The van der Waals surface area contributed by atoms with Gasteiger partial charge in [-0.1, -0.05) is 6.32 Å². The molecule has 0 bridgehead atoms. The molecule has 0 saturated carbocycles. The van der Waals surface area contributed by atoms with Crippen LogP contribution < -0.4 is 0 Å². The third kappa shape index (κ3) is 4.99. The van der Waals surface area contributed by atoms with Crippen LogP contribution in [0.5, 0.6) is 0 Å². The van der Waals surface area contributed by atoms with E-state index in [-0.39, 0.29) is 18.7 Å². The fraction of sp³-hybridized carbons (Fsp3) is 0.909. The van der Waals surface area contributed by atoms with Gasteiger partial charge in [0.1, 0.15) is 12.2 Å². The number of hydrogen-bond donors (Lipinski definition) is 0. The Kier molecular flexibility index (Phi) is 4.80. The molecule has 1 saturated heterocycles. The minimum absolute atomic E-state index is 0.0401. The monoisotopic (exact) mass is 225 g/mol. The molecule has 16 heavy (non-hydrogen) atoms. The second-order valence-electron chi connectivity index (χ2n) is 5.07. The van der Waals surface area contributed by atoms with Crippen molar-refractivity contribution in [3.05, 3.63) is 0 Å². The van der Waals surface area contributed by atoms with Gasteiger partial charge in [0.25, 0.3) is 0 Å². The summed E-state index contributed by atoms with van der Waals surface area (Å²) in [5.74, 6) is -0.301. The molecule has 5 heteroatoms. The molecule has 1 rings (SSSR count). The molecule has 0 amide bonds. The molecule has 4 nitrogen and oxygen atoms in total. The number of ether oxygens (including phenoxy) is 2. The fourth-order valence-corrected chi connectivity index (χ4v) is 1.55. The molecular weight excluding hydrogens is 205 g/mol. The Bertz CT molecular complexity index is 234. The minimum atomic E-state index is -0.439. The van der Waals surface area contributed by atoms with E-state index in [1.807, 2.05) is 20.8 Å². The van der Waals surface area contributed by atoms with Crippen molar-refractivity contribution in [1.82, 2.24) is 4.90 Å². The quantitative estimate of drug-likeness (QED) is 0.507. The van der Waals surface area contributed by atoms with E-state index in [1.165, 1.54) is 0 Å². The highest BCUT2D eigenvalue weighted by Gasteiger charge is 2.27. The lowest BCUT2D eigenvalue weighted by Gasteiger charge is -2.38. The van der Waals surface area contributed by atoms with Gasteiger partial charge in [0.15, 0.2) is 0 Å². The molecular formula is C11H20BNO3. The van der Waals surface area contributed by atoms with E-state index < -0.39 is 5.60 Å². The number of rotatable bonds is 5. The lowest BCUT2D eigenvalue weighted by molar-refractivity contribution is -0.165. The first-order valence-corrected chi connectivity index (χ1v) is 5.66. The Morgan fingerprint density at radius 1 is 1.44 bits per heavy atom. The second kappa shape index (κ2) is 5.68. The van der Waals surface area contributed by atoms with Gasteiger partial charge in [-0.3, -0.25) is 4.90 Å². The van der Waals surface area contributed by atoms with E-state index in [0.717, 1.165) is 19.6 Å². The predicted molar refractivity (Wildman–Crippen MR) is 62.6 cm³/mol. The number of hydrogen-bond acceptors (Lipinski definition) is 4. The molecule has 1 aliphatic heterocycles. The summed E-state index contributed by atoms with van der Waals surface area (Å²) >= 11 is 0. The number of carbonyl (C=O) groups excluding carboxylic acids is 1. The van der Waals surface area contributed by atoms with E-state index in [9.17, 15) is 4.79 Å². The molecule has 90 valence electrons. The summed E-state index contributed by atoms with van der Waals surface area (Å²) in [5, 5.41) is 0. The van der Waals surface area contributed by atoms with E-state index in [4.69, 9.17) is 17.3 Å². The van der Waals surface area contributed by atoms with Crippen molar-refractivity contribution in [3.8, 4) is 0 Å². The summed E-state index contributed by atoms with van der Waals surface area (Å²) in [7, 11) is 5.42. The first-order valence-electron chi connectivity index (χ1n) is 5.66. The summed E-state index contributed by atoms with van der Waals surface area (Å²) in [4.78, 5) is 13.5. The van der Waals surface area contributed by atoms with Gasteiger partial charge in [0, 0.05) is 13.1 Å². The van der Waals surface area contributed by atoms with Crippen molar-refractivity contribution in [1.29, 1.82) is 0 Å². The highest BCUT2D eigenvalue weighted by atomic mass is 16.6. The van der Waals surface area contributed by atoms with E-state index in [2.05, 4.69) is 4.90 Å². The number of likely N-dealkylation sites (tertiary alicyclic amines) is 1. The van der Waals surface area contributed by atoms with Crippen LogP contribution in [0.25, 0.3) is 0 Å². The number of nitrogens with zero attached hydrogens (tertiary/aromatic N) is 1. The first-order chi connectivity index (χ1) is 7.40. The third-order valence-electron chi connectivity index (χ3n) is 2.23. The van der Waals surface area contributed by atoms with Gasteiger partial charge in [-0.25, -0.2) is 4.79 Å². The van der Waals surface area contributed by atoms with Gasteiger partial charge < -0.3 is 9.47 Å². The topological polar surface area (TPSA) is 38.8 Å². The molecule has 1 heterocycles. The Labute approximate surface area is 98.7 Å². The highest BCUT2D eigenvalue weighted by molar-refractivity contribution is 6.08. The predicted octanol–water partition coefficient (Wildman–Crippen LogP) is 0.616. The van der Waals surface area contributed by atoms with Gasteiger partial charge in [0.2, 0.25) is 0 Å². The van der Waals surface area contributed by atoms with Gasteiger partial charge in [0.05, 0.1) is 14.0 Å². The summed E-state index contributed by atoms with van der Waals surface area (Å²) in [6.07, 6.45) is 0.817. The zero-order chi connectivity index (χ0) is 12.2. The first kappa shape index (κ1) is 13.5. The van der Waals surface area contributed by atoms with Crippen molar-refractivity contribution >= 4 is 13.8 Å². The maximum Gasteiger partial charge on any atom is 0.332 e. The lowest BCUT2D eigenvalue weighted by Crippen LogP contribution is -2.52. The Morgan fingerprint density at radius 3 is 2.56 bits per heavy atom. The maximum absolute atomic E-state index is 11.3. The van der Waals surface area contributed by atoms with Crippen molar-refractivity contribution in [2.75, 3.05) is 26.2 Å². The molecule has 0 aromatic rings. The zero-order valence-electron chi connectivity index (χ0n) is 10.4. The second-order valence-corrected chi connectivity index (χ2v) is 5.07. The standard InChI is InChI=1S/C11H20BNO3/c1-11(2,3)16-10(14)8-15-9-6-13(7-9)5-4-12/h9H,4-8H2,1-3H3. The van der Waals surface area contributed by atoms with Gasteiger partial charge in [-0.05, 0) is 27.3 Å². The van der Waals surface area contributed by atoms with E-state index >= 15 is 0 Å². The average Bonchev–Trinajstić information content (AvgIpc) is 2.05. The Hall–Kier alpha value is -0.545. The van der Waals surface area contributed by atoms with Crippen molar-refractivity contribution < 1.29 is 14.3 Å². The molecule has 0 atom stereocenters. The normalized spacial score (nSPS) is 18.2. The van der Waals surface area contributed by atoms with Crippen LogP contribution in [0.1, 0.15) is 20.8 Å². The SMILES string of the molecule is [B]CCN1CC(OCC(=O)OC(C)(C)C)C1. The minimum Gasteiger partial charge on any atom is -0.458 e. The van der Waals surface area contributed by atoms with Crippen LogP contribution in [0, 0.1) is 0 Å². The van der Waals surface area contributed by atoms with Crippen LogP contribution in [-0.4, -0.2) is 56.7 Å². The largest absolute Gasteiger partial charge is 0.458 e.